The minimum absolute atomic E-state index is 0.00495. The number of likely N-dealkylation sites (tertiary alicyclic amines) is 1. The highest BCUT2D eigenvalue weighted by atomic mass is 16.2. The average molecular weight is 355 g/mol. The number of hydrogen-bond acceptors (Lipinski definition) is 3. The van der Waals surface area contributed by atoms with E-state index >= 15 is 0 Å². The van der Waals surface area contributed by atoms with Crippen LogP contribution in [0, 0.1) is 5.92 Å². The zero-order valence-corrected chi connectivity index (χ0v) is 14.9. The summed E-state index contributed by atoms with van der Waals surface area (Å²) >= 11 is 0. The summed E-state index contributed by atoms with van der Waals surface area (Å²) in [5, 5.41) is 3.06. The van der Waals surface area contributed by atoms with Crippen molar-refractivity contribution in [3.8, 4) is 0 Å². The van der Waals surface area contributed by atoms with Crippen LogP contribution < -0.4 is 10.2 Å². The summed E-state index contributed by atoms with van der Waals surface area (Å²) in [6.45, 7) is 1.99. The Morgan fingerprint density at radius 3 is 2.23 bits per heavy atom. The number of hydrogen-bond donors (Lipinski definition) is 1. The van der Waals surface area contributed by atoms with Crippen molar-refractivity contribution in [2.24, 2.45) is 5.92 Å². The van der Waals surface area contributed by atoms with Crippen LogP contribution in [0.1, 0.15) is 48.9 Å². The predicted molar refractivity (Wildman–Crippen MR) is 97.8 cm³/mol. The molecular formula is C20H25N3O3. The molecular weight excluding hydrogens is 330 g/mol. The summed E-state index contributed by atoms with van der Waals surface area (Å²) in [7, 11) is 0. The maximum Gasteiger partial charge on any atom is 0.253 e. The van der Waals surface area contributed by atoms with Gasteiger partial charge in [-0.2, -0.15) is 0 Å². The monoisotopic (exact) mass is 355 g/mol. The molecule has 1 N–H and O–H groups in total. The van der Waals surface area contributed by atoms with E-state index in [1.54, 1.807) is 17.0 Å². The van der Waals surface area contributed by atoms with Gasteiger partial charge in [-0.3, -0.25) is 14.4 Å². The molecule has 3 fully saturated rings. The van der Waals surface area contributed by atoms with Gasteiger partial charge in [0.15, 0.2) is 0 Å². The molecule has 2 aliphatic heterocycles. The number of amides is 3. The minimum Gasteiger partial charge on any atom is -0.353 e. The van der Waals surface area contributed by atoms with Crippen molar-refractivity contribution in [1.82, 2.24) is 10.2 Å². The number of nitrogens with one attached hydrogen (secondary N) is 1. The zero-order chi connectivity index (χ0) is 18.1. The van der Waals surface area contributed by atoms with Gasteiger partial charge in [0, 0.05) is 49.3 Å². The van der Waals surface area contributed by atoms with Crippen molar-refractivity contribution in [2.45, 2.75) is 44.6 Å². The van der Waals surface area contributed by atoms with Gasteiger partial charge in [0.1, 0.15) is 0 Å². The Labute approximate surface area is 153 Å². The van der Waals surface area contributed by atoms with E-state index in [1.807, 2.05) is 17.0 Å². The Balaban J connectivity index is 1.33. The van der Waals surface area contributed by atoms with Crippen molar-refractivity contribution in [3.63, 3.8) is 0 Å². The fraction of sp³-hybridized carbons (Fsp3) is 0.550. The van der Waals surface area contributed by atoms with Gasteiger partial charge >= 0.3 is 0 Å². The molecule has 4 rings (SSSR count). The summed E-state index contributed by atoms with van der Waals surface area (Å²) in [6, 6.07) is 7.70. The third-order valence-corrected chi connectivity index (χ3v) is 5.58. The van der Waals surface area contributed by atoms with Gasteiger partial charge < -0.3 is 15.1 Å². The molecule has 26 heavy (non-hydrogen) atoms. The second-order valence-electron chi connectivity index (χ2n) is 7.55. The topological polar surface area (TPSA) is 69.7 Å². The van der Waals surface area contributed by atoms with Gasteiger partial charge in [-0.15, -0.1) is 0 Å². The zero-order valence-electron chi connectivity index (χ0n) is 14.9. The van der Waals surface area contributed by atoms with Crippen LogP contribution in [0.4, 0.5) is 5.69 Å². The highest BCUT2D eigenvalue weighted by molar-refractivity contribution is 5.97. The lowest BCUT2D eigenvalue weighted by atomic mass is 9.95. The van der Waals surface area contributed by atoms with Crippen molar-refractivity contribution >= 4 is 23.4 Å². The van der Waals surface area contributed by atoms with Gasteiger partial charge in [-0.1, -0.05) is 0 Å². The maximum absolute atomic E-state index is 12.7. The molecule has 1 aromatic carbocycles. The smallest absolute Gasteiger partial charge is 0.253 e. The van der Waals surface area contributed by atoms with Gasteiger partial charge in [0.2, 0.25) is 11.8 Å². The van der Waals surface area contributed by atoms with Crippen LogP contribution >= 0.6 is 0 Å². The molecule has 0 aromatic heterocycles. The summed E-state index contributed by atoms with van der Waals surface area (Å²) in [6.07, 6.45) is 5.15. The van der Waals surface area contributed by atoms with Gasteiger partial charge in [-0.05, 0) is 56.4 Å². The van der Waals surface area contributed by atoms with Crippen LogP contribution in [-0.4, -0.2) is 48.3 Å². The maximum atomic E-state index is 12.7. The Morgan fingerprint density at radius 1 is 0.962 bits per heavy atom. The predicted octanol–water partition coefficient (Wildman–Crippen LogP) is 1.94. The molecule has 3 amide bonds. The number of carbonyl (C=O) groups excluding carboxylic acids is 3. The third-order valence-electron chi connectivity index (χ3n) is 5.58. The Bertz CT molecular complexity index is 704. The Hall–Kier alpha value is -2.37. The number of benzene rings is 1. The molecule has 2 heterocycles. The number of nitrogens with zero attached hydrogens (tertiary/aromatic N) is 2. The highest BCUT2D eigenvalue weighted by Crippen LogP contribution is 2.25. The SMILES string of the molecule is O=C(NC1CC1)C1CCN(C(=O)c2ccc(N3CCCC3=O)cc2)CC1. The largest absolute Gasteiger partial charge is 0.353 e. The number of anilines is 1. The van der Waals surface area contributed by atoms with E-state index in [1.165, 1.54) is 0 Å². The molecule has 1 aliphatic carbocycles. The Morgan fingerprint density at radius 2 is 1.65 bits per heavy atom. The van der Waals surface area contributed by atoms with E-state index in [-0.39, 0.29) is 23.6 Å². The van der Waals surface area contributed by atoms with E-state index in [0.717, 1.165) is 44.3 Å². The molecule has 0 spiro atoms. The van der Waals surface area contributed by atoms with Crippen LogP contribution in [-0.2, 0) is 9.59 Å². The summed E-state index contributed by atoms with van der Waals surface area (Å²) in [5.74, 6) is 0.336. The van der Waals surface area contributed by atoms with E-state index in [0.29, 0.717) is 31.1 Å². The molecule has 2 saturated heterocycles. The van der Waals surface area contributed by atoms with Gasteiger partial charge in [0.25, 0.3) is 5.91 Å². The van der Waals surface area contributed by atoms with Crippen LogP contribution in [0.3, 0.4) is 0 Å². The molecule has 1 aromatic rings. The summed E-state index contributed by atoms with van der Waals surface area (Å²) in [4.78, 5) is 40.3. The first-order valence-electron chi connectivity index (χ1n) is 9.62. The first-order chi connectivity index (χ1) is 12.6. The van der Waals surface area contributed by atoms with Gasteiger partial charge in [-0.25, -0.2) is 0 Å². The van der Waals surface area contributed by atoms with E-state index in [4.69, 9.17) is 0 Å². The van der Waals surface area contributed by atoms with Crippen molar-refractivity contribution in [3.05, 3.63) is 29.8 Å². The second kappa shape index (κ2) is 7.09. The van der Waals surface area contributed by atoms with E-state index in [2.05, 4.69) is 5.32 Å². The molecule has 138 valence electrons. The lowest BCUT2D eigenvalue weighted by molar-refractivity contribution is -0.126. The van der Waals surface area contributed by atoms with Crippen LogP contribution in [0.25, 0.3) is 0 Å². The minimum atomic E-state index is 0.00495. The number of rotatable bonds is 4. The third kappa shape index (κ3) is 3.59. The molecule has 0 bridgehead atoms. The quantitative estimate of drug-likeness (QED) is 0.897. The van der Waals surface area contributed by atoms with Crippen molar-refractivity contribution in [2.75, 3.05) is 24.5 Å². The fourth-order valence-electron chi connectivity index (χ4n) is 3.78. The summed E-state index contributed by atoms with van der Waals surface area (Å²) < 4.78 is 0. The molecule has 6 heteroatoms. The summed E-state index contributed by atoms with van der Waals surface area (Å²) in [5.41, 5.74) is 1.50. The first-order valence-corrected chi connectivity index (χ1v) is 9.62. The molecule has 0 unspecified atom stereocenters. The molecule has 0 radical (unpaired) electrons. The lowest BCUT2D eigenvalue weighted by Crippen LogP contribution is -2.43. The second-order valence-corrected chi connectivity index (χ2v) is 7.55. The average Bonchev–Trinajstić information content (AvgIpc) is 3.39. The van der Waals surface area contributed by atoms with Crippen LogP contribution in [0.2, 0.25) is 0 Å². The Kier molecular flexibility index (Phi) is 4.66. The fourth-order valence-corrected chi connectivity index (χ4v) is 3.78. The van der Waals surface area contributed by atoms with Crippen LogP contribution in [0.5, 0.6) is 0 Å². The van der Waals surface area contributed by atoms with Gasteiger partial charge in [0.05, 0.1) is 0 Å². The van der Waals surface area contributed by atoms with Crippen molar-refractivity contribution in [1.29, 1.82) is 0 Å². The van der Waals surface area contributed by atoms with Crippen molar-refractivity contribution < 1.29 is 14.4 Å². The van der Waals surface area contributed by atoms with E-state index in [9.17, 15) is 14.4 Å². The lowest BCUT2D eigenvalue weighted by Gasteiger charge is -2.31. The molecule has 0 atom stereocenters. The van der Waals surface area contributed by atoms with E-state index < -0.39 is 0 Å². The normalized spacial score (nSPS) is 21.2. The number of piperidine rings is 1. The highest BCUT2D eigenvalue weighted by Gasteiger charge is 2.31. The number of carbonyl (C=O) groups is 3. The molecule has 3 aliphatic rings. The van der Waals surface area contributed by atoms with Crippen LogP contribution in [0.15, 0.2) is 24.3 Å². The standard InChI is InChI=1S/C20H25N3O3/c24-18-2-1-11-23(18)17-7-3-15(4-8-17)20(26)22-12-9-14(10-13-22)19(25)21-16-5-6-16/h3-4,7-8,14,16H,1-2,5-6,9-13H2,(H,21,25). The molecule has 6 nitrogen and oxygen atoms in total. The molecule has 1 saturated carbocycles. The first kappa shape index (κ1) is 17.1.